The molecule has 0 heterocycles. The second kappa shape index (κ2) is 7.71. The first-order valence-corrected chi connectivity index (χ1v) is 6.21. The van der Waals surface area contributed by atoms with Crippen LogP contribution < -0.4 is 4.74 Å². The van der Waals surface area contributed by atoms with Gasteiger partial charge in [-0.25, -0.2) is 0 Å². The van der Waals surface area contributed by atoms with Crippen LogP contribution in [-0.4, -0.2) is 37.7 Å². The molecule has 1 aromatic carbocycles. The van der Waals surface area contributed by atoms with Gasteiger partial charge < -0.3 is 9.47 Å². The minimum atomic E-state index is -0.217. The lowest BCUT2D eigenvalue weighted by Crippen LogP contribution is -2.30. The SMILES string of the molecule is CCOc1ccccc1CN(CC)CC(=O)OC. The van der Waals surface area contributed by atoms with Crippen LogP contribution >= 0.6 is 0 Å². The molecule has 0 bridgehead atoms. The van der Waals surface area contributed by atoms with Crippen molar-refractivity contribution in [1.82, 2.24) is 4.90 Å². The molecule has 0 atom stereocenters. The predicted octanol–water partition coefficient (Wildman–Crippen LogP) is 2.08. The van der Waals surface area contributed by atoms with Crippen molar-refractivity contribution in [2.75, 3.05) is 26.8 Å². The minimum Gasteiger partial charge on any atom is -0.494 e. The molecule has 0 amide bonds. The van der Waals surface area contributed by atoms with Crippen LogP contribution in [-0.2, 0) is 16.1 Å². The quantitative estimate of drug-likeness (QED) is 0.695. The highest BCUT2D eigenvalue weighted by Gasteiger charge is 2.12. The normalized spacial score (nSPS) is 10.4. The van der Waals surface area contributed by atoms with Crippen LogP contribution in [0.15, 0.2) is 24.3 Å². The van der Waals surface area contributed by atoms with E-state index in [4.69, 9.17) is 4.74 Å². The zero-order chi connectivity index (χ0) is 13.4. The summed E-state index contributed by atoms with van der Waals surface area (Å²) in [6.07, 6.45) is 0. The smallest absolute Gasteiger partial charge is 0.319 e. The molecule has 0 saturated carbocycles. The maximum Gasteiger partial charge on any atom is 0.319 e. The highest BCUT2D eigenvalue weighted by molar-refractivity contribution is 5.71. The van der Waals surface area contributed by atoms with Crippen molar-refractivity contribution in [1.29, 1.82) is 0 Å². The monoisotopic (exact) mass is 251 g/mol. The molecule has 0 radical (unpaired) electrons. The van der Waals surface area contributed by atoms with Crippen LogP contribution in [0.4, 0.5) is 0 Å². The number of para-hydroxylation sites is 1. The van der Waals surface area contributed by atoms with Crippen LogP contribution in [0.25, 0.3) is 0 Å². The van der Waals surface area contributed by atoms with Gasteiger partial charge in [-0.15, -0.1) is 0 Å². The van der Waals surface area contributed by atoms with Gasteiger partial charge in [-0.1, -0.05) is 25.1 Å². The Hall–Kier alpha value is -1.55. The number of hydrogen-bond donors (Lipinski definition) is 0. The number of rotatable bonds is 7. The molecule has 0 saturated heterocycles. The Bertz CT molecular complexity index is 379. The van der Waals surface area contributed by atoms with E-state index in [2.05, 4.69) is 4.74 Å². The first kappa shape index (κ1) is 14.5. The van der Waals surface area contributed by atoms with E-state index >= 15 is 0 Å². The summed E-state index contributed by atoms with van der Waals surface area (Å²) in [5.74, 6) is 0.661. The van der Waals surface area contributed by atoms with E-state index in [0.29, 0.717) is 19.7 Å². The van der Waals surface area contributed by atoms with Crippen LogP contribution in [0, 0.1) is 0 Å². The Morgan fingerprint density at radius 1 is 1.28 bits per heavy atom. The molecule has 0 aliphatic rings. The fourth-order valence-corrected chi connectivity index (χ4v) is 1.70. The second-order valence-electron chi connectivity index (χ2n) is 3.92. The molecular weight excluding hydrogens is 230 g/mol. The topological polar surface area (TPSA) is 38.8 Å². The lowest BCUT2D eigenvalue weighted by Gasteiger charge is -2.20. The Labute approximate surface area is 108 Å². The number of carbonyl (C=O) groups is 1. The summed E-state index contributed by atoms with van der Waals surface area (Å²) in [6.45, 7) is 6.39. The summed E-state index contributed by atoms with van der Waals surface area (Å²) in [7, 11) is 1.41. The summed E-state index contributed by atoms with van der Waals surface area (Å²) in [5, 5.41) is 0. The van der Waals surface area contributed by atoms with Gasteiger partial charge in [0, 0.05) is 12.1 Å². The molecule has 18 heavy (non-hydrogen) atoms. The van der Waals surface area contributed by atoms with Gasteiger partial charge >= 0.3 is 5.97 Å². The number of benzene rings is 1. The Kier molecular flexibility index (Phi) is 6.22. The molecule has 0 fully saturated rings. The average Bonchev–Trinajstić information content (AvgIpc) is 2.40. The van der Waals surface area contributed by atoms with Crippen LogP contribution in [0.1, 0.15) is 19.4 Å². The first-order chi connectivity index (χ1) is 8.71. The van der Waals surface area contributed by atoms with E-state index in [1.54, 1.807) is 0 Å². The zero-order valence-electron chi connectivity index (χ0n) is 11.3. The van der Waals surface area contributed by atoms with Gasteiger partial charge in [0.1, 0.15) is 5.75 Å². The van der Waals surface area contributed by atoms with Crippen molar-refractivity contribution in [2.24, 2.45) is 0 Å². The largest absolute Gasteiger partial charge is 0.494 e. The Morgan fingerprint density at radius 3 is 2.61 bits per heavy atom. The predicted molar refractivity (Wildman–Crippen MR) is 70.6 cm³/mol. The number of likely N-dealkylation sites (N-methyl/N-ethyl adjacent to an activating group) is 1. The van der Waals surface area contributed by atoms with Gasteiger partial charge in [0.25, 0.3) is 0 Å². The van der Waals surface area contributed by atoms with Crippen LogP contribution in [0.5, 0.6) is 5.75 Å². The van der Waals surface area contributed by atoms with Gasteiger partial charge in [-0.2, -0.15) is 0 Å². The maximum absolute atomic E-state index is 11.3. The van der Waals surface area contributed by atoms with Crippen molar-refractivity contribution >= 4 is 5.97 Å². The summed E-state index contributed by atoms with van der Waals surface area (Å²) >= 11 is 0. The number of methoxy groups -OCH3 is 1. The fraction of sp³-hybridized carbons (Fsp3) is 0.500. The highest BCUT2D eigenvalue weighted by atomic mass is 16.5. The molecular formula is C14H21NO3. The van der Waals surface area contributed by atoms with E-state index in [9.17, 15) is 4.79 Å². The molecule has 100 valence electrons. The number of hydrogen-bond acceptors (Lipinski definition) is 4. The third kappa shape index (κ3) is 4.37. The van der Waals surface area contributed by atoms with Crippen molar-refractivity contribution in [2.45, 2.75) is 20.4 Å². The van der Waals surface area contributed by atoms with Gasteiger partial charge in [0.05, 0.1) is 20.3 Å². The second-order valence-corrected chi connectivity index (χ2v) is 3.92. The standard InChI is InChI=1S/C14H21NO3/c1-4-15(11-14(16)17-3)10-12-8-6-7-9-13(12)18-5-2/h6-9H,4-5,10-11H2,1-3H3. The Morgan fingerprint density at radius 2 is 2.00 bits per heavy atom. The molecule has 0 spiro atoms. The third-order valence-electron chi connectivity index (χ3n) is 2.69. The van der Waals surface area contributed by atoms with E-state index in [1.807, 2.05) is 43.0 Å². The molecule has 0 aliphatic heterocycles. The molecule has 0 N–H and O–H groups in total. The third-order valence-corrected chi connectivity index (χ3v) is 2.69. The van der Waals surface area contributed by atoms with Crippen LogP contribution in [0.2, 0.25) is 0 Å². The summed E-state index contributed by atoms with van der Waals surface area (Å²) in [5.41, 5.74) is 1.09. The minimum absolute atomic E-state index is 0.217. The lowest BCUT2D eigenvalue weighted by atomic mass is 10.2. The van der Waals surface area contributed by atoms with Crippen molar-refractivity contribution in [3.05, 3.63) is 29.8 Å². The molecule has 4 heteroatoms. The van der Waals surface area contributed by atoms with Crippen LogP contribution in [0.3, 0.4) is 0 Å². The maximum atomic E-state index is 11.3. The highest BCUT2D eigenvalue weighted by Crippen LogP contribution is 2.19. The number of nitrogens with zero attached hydrogens (tertiary/aromatic N) is 1. The molecule has 0 aliphatic carbocycles. The van der Waals surface area contributed by atoms with E-state index in [-0.39, 0.29) is 5.97 Å². The molecule has 1 aromatic rings. The van der Waals surface area contributed by atoms with Crippen molar-refractivity contribution < 1.29 is 14.3 Å². The molecule has 0 aromatic heterocycles. The average molecular weight is 251 g/mol. The van der Waals surface area contributed by atoms with Gasteiger partial charge in [-0.3, -0.25) is 9.69 Å². The van der Waals surface area contributed by atoms with Crippen molar-refractivity contribution in [3.63, 3.8) is 0 Å². The molecule has 1 rings (SSSR count). The number of ether oxygens (including phenoxy) is 2. The fourth-order valence-electron chi connectivity index (χ4n) is 1.70. The van der Waals surface area contributed by atoms with E-state index in [1.165, 1.54) is 7.11 Å². The summed E-state index contributed by atoms with van der Waals surface area (Å²) in [4.78, 5) is 13.3. The zero-order valence-corrected chi connectivity index (χ0v) is 11.3. The van der Waals surface area contributed by atoms with E-state index in [0.717, 1.165) is 17.9 Å². The Balaban J connectivity index is 2.71. The van der Waals surface area contributed by atoms with Crippen molar-refractivity contribution in [3.8, 4) is 5.75 Å². The number of esters is 1. The van der Waals surface area contributed by atoms with E-state index < -0.39 is 0 Å². The van der Waals surface area contributed by atoms with Gasteiger partial charge in [-0.05, 0) is 19.5 Å². The summed E-state index contributed by atoms with van der Waals surface area (Å²) < 4.78 is 10.3. The summed E-state index contributed by atoms with van der Waals surface area (Å²) in [6, 6.07) is 7.89. The van der Waals surface area contributed by atoms with Gasteiger partial charge in [0.15, 0.2) is 0 Å². The first-order valence-electron chi connectivity index (χ1n) is 6.21. The molecule has 4 nitrogen and oxygen atoms in total. The molecule has 0 unspecified atom stereocenters. The van der Waals surface area contributed by atoms with Gasteiger partial charge in [0.2, 0.25) is 0 Å². The lowest BCUT2D eigenvalue weighted by molar-refractivity contribution is -0.142. The number of carbonyl (C=O) groups excluding carboxylic acids is 1.